The Kier molecular flexibility index (Phi) is 2.75. The minimum absolute atomic E-state index is 0.426. The molecule has 2 aromatic rings. The number of benzene rings is 1. The van der Waals surface area contributed by atoms with Crippen LogP contribution in [0.2, 0.25) is 5.02 Å². The molecule has 0 unspecified atom stereocenters. The van der Waals surface area contributed by atoms with Crippen molar-refractivity contribution in [3.05, 3.63) is 28.8 Å². The number of nitrogens with one attached hydrogen (secondary N) is 1. The van der Waals surface area contributed by atoms with Gasteiger partial charge in [0.05, 0.1) is 23.4 Å². The second kappa shape index (κ2) is 4.06. The van der Waals surface area contributed by atoms with Crippen LogP contribution >= 0.6 is 11.6 Å². The summed E-state index contributed by atoms with van der Waals surface area (Å²) in [6, 6.07) is 5.46. The first-order chi connectivity index (χ1) is 7.63. The van der Waals surface area contributed by atoms with Crippen molar-refractivity contribution >= 4 is 17.4 Å². The van der Waals surface area contributed by atoms with Crippen LogP contribution in [0.25, 0.3) is 11.3 Å². The maximum absolute atomic E-state index is 6.16. The van der Waals surface area contributed by atoms with Crippen molar-refractivity contribution in [2.75, 3.05) is 12.8 Å². The van der Waals surface area contributed by atoms with Gasteiger partial charge in [0, 0.05) is 6.07 Å². The number of nitrogens with two attached hydrogens (primary N) is 1. The van der Waals surface area contributed by atoms with Gasteiger partial charge in [-0.25, -0.2) is 0 Å². The number of H-pyrrole nitrogens is 1. The minimum Gasteiger partial charge on any atom is -0.496 e. The fourth-order valence-corrected chi connectivity index (χ4v) is 1.89. The lowest BCUT2D eigenvalue weighted by Gasteiger charge is -2.11. The number of anilines is 1. The third kappa shape index (κ3) is 1.72. The van der Waals surface area contributed by atoms with Crippen LogP contribution in [0.4, 0.5) is 5.82 Å². The van der Waals surface area contributed by atoms with Gasteiger partial charge in [0.1, 0.15) is 11.6 Å². The van der Waals surface area contributed by atoms with Crippen LogP contribution in [-0.4, -0.2) is 17.3 Å². The summed E-state index contributed by atoms with van der Waals surface area (Å²) in [5.41, 5.74) is 8.12. The summed E-state index contributed by atoms with van der Waals surface area (Å²) in [5, 5.41) is 7.31. The second-order valence-corrected chi connectivity index (χ2v) is 3.89. The Hall–Kier alpha value is -1.68. The molecule has 16 heavy (non-hydrogen) atoms. The number of hydrogen-bond donors (Lipinski definition) is 2. The van der Waals surface area contributed by atoms with Crippen molar-refractivity contribution in [2.45, 2.75) is 6.92 Å². The van der Waals surface area contributed by atoms with E-state index in [-0.39, 0.29) is 0 Å². The molecule has 5 heteroatoms. The predicted molar refractivity (Wildman–Crippen MR) is 64.7 cm³/mol. The van der Waals surface area contributed by atoms with Gasteiger partial charge in [-0.05, 0) is 18.6 Å². The Morgan fingerprint density at radius 3 is 2.75 bits per heavy atom. The number of methoxy groups -OCH3 is 1. The Morgan fingerprint density at radius 1 is 1.44 bits per heavy atom. The number of ether oxygens (including phenoxy) is 1. The van der Waals surface area contributed by atoms with Gasteiger partial charge in [0.25, 0.3) is 0 Å². The highest BCUT2D eigenvalue weighted by molar-refractivity contribution is 6.33. The maximum atomic E-state index is 6.16. The Labute approximate surface area is 98.4 Å². The molecule has 3 N–H and O–H groups in total. The number of aryl methyl sites for hydroxylation is 1. The Balaban J connectivity index is 2.67. The summed E-state index contributed by atoms with van der Waals surface area (Å²) in [6.07, 6.45) is 0. The number of aromatic nitrogens is 2. The van der Waals surface area contributed by atoms with E-state index in [1.165, 1.54) is 0 Å². The van der Waals surface area contributed by atoms with Crippen LogP contribution in [0, 0.1) is 6.92 Å². The SMILES string of the molecule is COc1c(C)ccc(Cl)c1-c1cc(N)n[nH]1. The number of halogens is 1. The van der Waals surface area contributed by atoms with Crippen LogP contribution in [-0.2, 0) is 0 Å². The zero-order valence-corrected chi connectivity index (χ0v) is 9.80. The Bertz CT molecular complexity index is 522. The van der Waals surface area contributed by atoms with Crippen LogP contribution in [0.15, 0.2) is 18.2 Å². The molecule has 0 saturated heterocycles. The van der Waals surface area contributed by atoms with E-state index in [0.717, 1.165) is 22.6 Å². The van der Waals surface area contributed by atoms with E-state index in [0.29, 0.717) is 10.8 Å². The quantitative estimate of drug-likeness (QED) is 0.844. The van der Waals surface area contributed by atoms with Gasteiger partial charge in [0.2, 0.25) is 0 Å². The van der Waals surface area contributed by atoms with E-state index in [9.17, 15) is 0 Å². The van der Waals surface area contributed by atoms with Gasteiger partial charge in [-0.1, -0.05) is 17.7 Å². The summed E-state index contributed by atoms with van der Waals surface area (Å²) < 4.78 is 5.35. The molecule has 1 aromatic carbocycles. The number of hydrogen-bond acceptors (Lipinski definition) is 3. The maximum Gasteiger partial charge on any atom is 0.145 e. The van der Waals surface area contributed by atoms with Crippen molar-refractivity contribution in [3.8, 4) is 17.0 Å². The van der Waals surface area contributed by atoms with Gasteiger partial charge in [-0.2, -0.15) is 5.10 Å². The molecule has 84 valence electrons. The molecule has 0 spiro atoms. The molecule has 0 amide bonds. The third-order valence-electron chi connectivity index (χ3n) is 2.37. The van der Waals surface area contributed by atoms with E-state index in [1.807, 2.05) is 19.1 Å². The minimum atomic E-state index is 0.426. The molecule has 0 saturated carbocycles. The molecule has 0 aliphatic heterocycles. The number of nitrogens with zero attached hydrogens (tertiary/aromatic N) is 1. The van der Waals surface area contributed by atoms with Gasteiger partial charge < -0.3 is 10.5 Å². The number of nitrogen functional groups attached to an aromatic ring is 1. The van der Waals surface area contributed by atoms with Crippen molar-refractivity contribution < 1.29 is 4.74 Å². The monoisotopic (exact) mass is 237 g/mol. The van der Waals surface area contributed by atoms with E-state index in [4.69, 9.17) is 22.1 Å². The summed E-state index contributed by atoms with van der Waals surface area (Å²) in [4.78, 5) is 0. The molecule has 4 nitrogen and oxygen atoms in total. The van der Waals surface area contributed by atoms with E-state index in [1.54, 1.807) is 13.2 Å². The van der Waals surface area contributed by atoms with Gasteiger partial charge >= 0.3 is 0 Å². The summed E-state index contributed by atoms with van der Waals surface area (Å²) in [7, 11) is 1.61. The molecule has 1 heterocycles. The number of aromatic amines is 1. The lowest BCUT2D eigenvalue weighted by atomic mass is 10.1. The summed E-state index contributed by atoms with van der Waals surface area (Å²) >= 11 is 6.16. The molecule has 0 fully saturated rings. The van der Waals surface area contributed by atoms with Gasteiger partial charge in [-0.15, -0.1) is 0 Å². The van der Waals surface area contributed by atoms with Gasteiger partial charge in [0.15, 0.2) is 0 Å². The first kappa shape index (κ1) is 10.8. The van der Waals surface area contributed by atoms with E-state index in [2.05, 4.69) is 10.2 Å². The highest BCUT2D eigenvalue weighted by atomic mass is 35.5. The van der Waals surface area contributed by atoms with Crippen molar-refractivity contribution in [3.63, 3.8) is 0 Å². The molecule has 0 atom stereocenters. The van der Waals surface area contributed by atoms with E-state index >= 15 is 0 Å². The van der Waals surface area contributed by atoms with Crippen LogP contribution < -0.4 is 10.5 Å². The van der Waals surface area contributed by atoms with Crippen molar-refractivity contribution in [1.82, 2.24) is 10.2 Å². The first-order valence-corrected chi connectivity index (χ1v) is 5.15. The fourth-order valence-electron chi connectivity index (χ4n) is 1.64. The Morgan fingerprint density at radius 2 is 2.19 bits per heavy atom. The average molecular weight is 238 g/mol. The number of rotatable bonds is 2. The topological polar surface area (TPSA) is 63.9 Å². The molecule has 1 aromatic heterocycles. The molecule has 0 bridgehead atoms. The van der Waals surface area contributed by atoms with Crippen LogP contribution in [0.1, 0.15) is 5.56 Å². The lowest BCUT2D eigenvalue weighted by molar-refractivity contribution is 0.413. The lowest BCUT2D eigenvalue weighted by Crippen LogP contribution is -1.92. The molecule has 2 rings (SSSR count). The van der Waals surface area contributed by atoms with Crippen molar-refractivity contribution in [2.24, 2.45) is 0 Å². The van der Waals surface area contributed by atoms with Crippen molar-refractivity contribution in [1.29, 1.82) is 0 Å². The highest BCUT2D eigenvalue weighted by Crippen LogP contribution is 2.38. The third-order valence-corrected chi connectivity index (χ3v) is 2.69. The molecular weight excluding hydrogens is 226 g/mol. The highest BCUT2D eigenvalue weighted by Gasteiger charge is 2.14. The smallest absolute Gasteiger partial charge is 0.145 e. The van der Waals surface area contributed by atoms with E-state index < -0.39 is 0 Å². The molecule has 0 aliphatic carbocycles. The molecular formula is C11H12ClN3O. The van der Waals surface area contributed by atoms with Gasteiger partial charge in [-0.3, -0.25) is 5.10 Å². The zero-order chi connectivity index (χ0) is 11.7. The molecule has 0 radical (unpaired) electrons. The predicted octanol–water partition coefficient (Wildman–Crippen LogP) is 2.63. The van der Waals surface area contributed by atoms with Crippen LogP contribution in [0.5, 0.6) is 5.75 Å². The summed E-state index contributed by atoms with van der Waals surface area (Å²) in [5.74, 6) is 1.16. The largest absolute Gasteiger partial charge is 0.496 e. The average Bonchev–Trinajstić information content (AvgIpc) is 2.67. The standard InChI is InChI=1S/C11H12ClN3O/c1-6-3-4-7(12)10(11(6)16-2)8-5-9(13)15-14-8/h3-5H,1-2H3,(H3,13,14,15). The zero-order valence-electron chi connectivity index (χ0n) is 9.04. The normalized spacial score (nSPS) is 10.4. The molecule has 0 aliphatic rings. The first-order valence-electron chi connectivity index (χ1n) is 4.78. The second-order valence-electron chi connectivity index (χ2n) is 3.48. The summed E-state index contributed by atoms with van der Waals surface area (Å²) in [6.45, 7) is 1.96. The fraction of sp³-hybridized carbons (Fsp3) is 0.182. The van der Waals surface area contributed by atoms with Crippen LogP contribution in [0.3, 0.4) is 0 Å².